The van der Waals surface area contributed by atoms with Crippen LogP contribution in [-0.4, -0.2) is 22.9 Å². The summed E-state index contributed by atoms with van der Waals surface area (Å²) < 4.78 is 7.09. The molecule has 0 spiro atoms. The van der Waals surface area contributed by atoms with E-state index in [2.05, 4.69) is 28.7 Å². The van der Waals surface area contributed by atoms with E-state index >= 15 is 0 Å². The number of methoxy groups -OCH3 is 1. The Balaban J connectivity index is 1.91. The fraction of sp³-hybridized carbons (Fsp3) is 0.438. The summed E-state index contributed by atoms with van der Waals surface area (Å²) in [6.45, 7) is 2.01. The van der Waals surface area contributed by atoms with Gasteiger partial charge in [0.25, 0.3) is 0 Å². The molecule has 1 unspecified atom stereocenters. The Hall–Kier alpha value is -1.85. The van der Waals surface area contributed by atoms with Crippen LogP contribution in [0.3, 0.4) is 0 Å². The highest BCUT2D eigenvalue weighted by Crippen LogP contribution is 2.14. The Labute approximate surface area is 126 Å². The van der Waals surface area contributed by atoms with Crippen LogP contribution < -0.4 is 16.0 Å². The second-order valence-electron chi connectivity index (χ2n) is 5.36. The smallest absolute Gasteiger partial charge is 0.118 e. The van der Waals surface area contributed by atoms with Crippen molar-refractivity contribution < 1.29 is 4.74 Å². The van der Waals surface area contributed by atoms with Crippen LogP contribution in [-0.2, 0) is 19.9 Å². The predicted molar refractivity (Wildman–Crippen MR) is 84.1 cm³/mol. The van der Waals surface area contributed by atoms with Gasteiger partial charge in [-0.05, 0) is 43.5 Å². The first kappa shape index (κ1) is 15.5. The molecule has 3 N–H and O–H groups in total. The first-order valence-electron chi connectivity index (χ1n) is 7.21. The molecule has 1 aromatic carbocycles. The number of nitrogens with one attached hydrogen (secondary N) is 1. The van der Waals surface area contributed by atoms with Crippen LogP contribution in [0, 0.1) is 6.92 Å². The largest absolute Gasteiger partial charge is 0.497 e. The molecule has 114 valence electrons. The lowest BCUT2D eigenvalue weighted by molar-refractivity contribution is 0.414. The van der Waals surface area contributed by atoms with Crippen LogP contribution in [0.1, 0.15) is 23.4 Å². The van der Waals surface area contributed by atoms with Gasteiger partial charge in [-0.15, -0.1) is 0 Å². The average Bonchev–Trinajstić information content (AvgIpc) is 2.81. The minimum atomic E-state index is 0.238. The maximum atomic E-state index is 5.69. The average molecular weight is 288 g/mol. The lowest BCUT2D eigenvalue weighted by atomic mass is 10.0. The van der Waals surface area contributed by atoms with Gasteiger partial charge in [0.15, 0.2) is 0 Å². The summed E-state index contributed by atoms with van der Waals surface area (Å²) in [6, 6.07) is 10.5. The van der Waals surface area contributed by atoms with Crippen molar-refractivity contribution in [1.82, 2.24) is 15.2 Å². The summed E-state index contributed by atoms with van der Waals surface area (Å²) in [5.74, 6) is 6.57. The number of nitrogens with two attached hydrogens (primary N) is 1. The first-order valence-corrected chi connectivity index (χ1v) is 7.21. The van der Waals surface area contributed by atoms with Crippen LogP contribution in [0.2, 0.25) is 0 Å². The highest BCUT2D eigenvalue weighted by molar-refractivity contribution is 5.27. The summed E-state index contributed by atoms with van der Waals surface area (Å²) in [5.41, 5.74) is 6.44. The molecule has 1 heterocycles. The summed E-state index contributed by atoms with van der Waals surface area (Å²) in [5, 5.41) is 4.37. The Kier molecular flexibility index (Phi) is 5.36. The van der Waals surface area contributed by atoms with E-state index in [9.17, 15) is 0 Å². The van der Waals surface area contributed by atoms with Crippen LogP contribution in [0.4, 0.5) is 0 Å². The third kappa shape index (κ3) is 4.31. The molecule has 5 nitrogen and oxygen atoms in total. The molecule has 0 fully saturated rings. The van der Waals surface area contributed by atoms with Gasteiger partial charge in [-0.1, -0.05) is 12.1 Å². The third-order valence-corrected chi connectivity index (χ3v) is 3.73. The highest BCUT2D eigenvalue weighted by Gasteiger charge is 2.11. The quantitative estimate of drug-likeness (QED) is 0.602. The molecule has 21 heavy (non-hydrogen) atoms. The molecule has 0 saturated heterocycles. The van der Waals surface area contributed by atoms with Crippen molar-refractivity contribution in [2.45, 2.75) is 32.2 Å². The number of hydrazine groups is 1. The van der Waals surface area contributed by atoms with Gasteiger partial charge in [0.1, 0.15) is 5.75 Å². The molecule has 2 aromatic rings. The van der Waals surface area contributed by atoms with Gasteiger partial charge < -0.3 is 4.74 Å². The van der Waals surface area contributed by atoms with Crippen molar-refractivity contribution >= 4 is 0 Å². The van der Waals surface area contributed by atoms with Crippen LogP contribution in [0.5, 0.6) is 5.75 Å². The number of hydrogen-bond acceptors (Lipinski definition) is 4. The van der Waals surface area contributed by atoms with Crippen molar-refractivity contribution in [3.8, 4) is 5.75 Å². The zero-order valence-electron chi connectivity index (χ0n) is 13.0. The van der Waals surface area contributed by atoms with Crippen molar-refractivity contribution in [1.29, 1.82) is 0 Å². The standard InChI is InChI=1S/C16H24N4O/c1-12-10-15(20(2)19-12)11-14(18-17)7-4-13-5-8-16(21-3)9-6-13/h5-6,8-10,14,18H,4,7,11,17H2,1-3H3. The Bertz CT molecular complexity index is 562. The summed E-state index contributed by atoms with van der Waals surface area (Å²) in [7, 11) is 3.65. The van der Waals surface area contributed by atoms with E-state index in [4.69, 9.17) is 10.6 Å². The molecule has 0 saturated carbocycles. The Morgan fingerprint density at radius 2 is 2.05 bits per heavy atom. The van der Waals surface area contributed by atoms with Gasteiger partial charge in [-0.3, -0.25) is 16.0 Å². The predicted octanol–water partition coefficient (Wildman–Crippen LogP) is 1.74. The zero-order valence-corrected chi connectivity index (χ0v) is 13.0. The van der Waals surface area contributed by atoms with E-state index in [1.54, 1.807) is 7.11 Å². The van der Waals surface area contributed by atoms with Crippen LogP contribution in [0.25, 0.3) is 0 Å². The summed E-state index contributed by atoms with van der Waals surface area (Å²) >= 11 is 0. The van der Waals surface area contributed by atoms with E-state index in [0.29, 0.717) is 0 Å². The number of rotatable bonds is 7. The lowest BCUT2D eigenvalue weighted by Gasteiger charge is -2.16. The summed E-state index contributed by atoms with van der Waals surface area (Å²) in [4.78, 5) is 0. The second kappa shape index (κ2) is 7.24. The number of hydrogen-bond donors (Lipinski definition) is 2. The van der Waals surface area contributed by atoms with Crippen molar-refractivity contribution in [2.24, 2.45) is 12.9 Å². The molecule has 2 rings (SSSR count). The molecule has 0 bridgehead atoms. The molecule has 0 amide bonds. The van der Waals surface area contributed by atoms with E-state index < -0.39 is 0 Å². The highest BCUT2D eigenvalue weighted by atomic mass is 16.5. The number of aryl methyl sites for hydroxylation is 3. The molecule has 0 aliphatic heterocycles. The zero-order chi connectivity index (χ0) is 15.2. The first-order chi connectivity index (χ1) is 10.1. The molecule has 0 aliphatic carbocycles. The van der Waals surface area contributed by atoms with Crippen LogP contribution >= 0.6 is 0 Å². The van der Waals surface area contributed by atoms with E-state index in [1.165, 1.54) is 11.3 Å². The van der Waals surface area contributed by atoms with Crippen molar-refractivity contribution in [3.63, 3.8) is 0 Å². The number of benzene rings is 1. The SMILES string of the molecule is COc1ccc(CCC(Cc2cc(C)nn2C)NN)cc1. The second-order valence-corrected chi connectivity index (χ2v) is 5.36. The van der Waals surface area contributed by atoms with Crippen molar-refractivity contribution in [2.75, 3.05) is 7.11 Å². The Morgan fingerprint density at radius 1 is 1.33 bits per heavy atom. The lowest BCUT2D eigenvalue weighted by Crippen LogP contribution is -2.37. The van der Waals surface area contributed by atoms with E-state index in [0.717, 1.165) is 30.7 Å². The van der Waals surface area contributed by atoms with Crippen LogP contribution in [0.15, 0.2) is 30.3 Å². The molecule has 5 heteroatoms. The molecule has 1 atom stereocenters. The number of ether oxygens (including phenoxy) is 1. The van der Waals surface area contributed by atoms with Gasteiger partial charge >= 0.3 is 0 Å². The normalized spacial score (nSPS) is 12.4. The van der Waals surface area contributed by atoms with Gasteiger partial charge in [0.05, 0.1) is 12.8 Å². The molecule has 1 aromatic heterocycles. The van der Waals surface area contributed by atoms with E-state index in [1.807, 2.05) is 30.8 Å². The molecular weight excluding hydrogens is 264 g/mol. The number of nitrogens with zero attached hydrogens (tertiary/aromatic N) is 2. The fourth-order valence-corrected chi connectivity index (χ4v) is 2.49. The van der Waals surface area contributed by atoms with E-state index in [-0.39, 0.29) is 6.04 Å². The monoisotopic (exact) mass is 288 g/mol. The maximum absolute atomic E-state index is 5.69. The molecule has 0 radical (unpaired) electrons. The minimum absolute atomic E-state index is 0.238. The van der Waals surface area contributed by atoms with Gasteiger partial charge in [0.2, 0.25) is 0 Å². The third-order valence-electron chi connectivity index (χ3n) is 3.73. The fourth-order valence-electron chi connectivity index (χ4n) is 2.49. The Morgan fingerprint density at radius 3 is 2.57 bits per heavy atom. The molecule has 0 aliphatic rings. The van der Waals surface area contributed by atoms with Gasteiger partial charge in [-0.25, -0.2) is 0 Å². The summed E-state index contributed by atoms with van der Waals surface area (Å²) in [6.07, 6.45) is 2.84. The topological polar surface area (TPSA) is 65.1 Å². The van der Waals surface area contributed by atoms with Gasteiger partial charge in [0, 0.05) is 25.2 Å². The number of aromatic nitrogens is 2. The maximum Gasteiger partial charge on any atom is 0.118 e. The van der Waals surface area contributed by atoms with Crippen molar-refractivity contribution in [3.05, 3.63) is 47.3 Å². The minimum Gasteiger partial charge on any atom is -0.497 e. The molecular formula is C16H24N4O. The van der Waals surface area contributed by atoms with Gasteiger partial charge in [-0.2, -0.15) is 5.10 Å².